The zero-order valence-electron chi connectivity index (χ0n) is 9.76. The number of rotatable bonds is 5. The number of aromatic nitrogens is 1. The summed E-state index contributed by atoms with van der Waals surface area (Å²) >= 11 is 9.25. The maximum Gasteiger partial charge on any atom is 0.221 e. The lowest BCUT2D eigenvalue weighted by Gasteiger charge is -2.10. The average molecular weight is 321 g/mol. The van der Waals surface area contributed by atoms with Crippen LogP contribution in [0.25, 0.3) is 0 Å². The first-order valence-electron chi connectivity index (χ1n) is 5.33. The number of carbonyl (C=O) groups excluding carboxylic acids is 1. The summed E-state index contributed by atoms with van der Waals surface area (Å²) in [6, 6.07) is 1.92. The highest BCUT2D eigenvalue weighted by Crippen LogP contribution is 2.22. The molecular formula is C11H15BrClN3O. The van der Waals surface area contributed by atoms with Crippen LogP contribution in [-0.4, -0.2) is 23.5 Å². The summed E-state index contributed by atoms with van der Waals surface area (Å²) in [5.74, 6) is 0.605. The first-order valence-corrected chi connectivity index (χ1v) is 6.50. The number of halogens is 2. The molecule has 1 amide bonds. The Bertz CT molecular complexity index is 398. The summed E-state index contributed by atoms with van der Waals surface area (Å²) in [7, 11) is 0. The molecule has 0 radical (unpaired) electrons. The summed E-state index contributed by atoms with van der Waals surface area (Å²) in [4.78, 5) is 15.5. The number of nitrogens with one attached hydrogen (secondary N) is 2. The Morgan fingerprint density at radius 2 is 2.29 bits per heavy atom. The van der Waals surface area contributed by atoms with Crippen molar-refractivity contribution in [3.63, 3.8) is 0 Å². The second-order valence-corrected chi connectivity index (χ2v) is 5.21. The highest BCUT2D eigenvalue weighted by Gasteiger charge is 2.05. The molecular weight excluding hydrogens is 305 g/mol. The van der Waals surface area contributed by atoms with E-state index in [0.717, 1.165) is 4.47 Å². The van der Waals surface area contributed by atoms with Crippen molar-refractivity contribution in [1.29, 1.82) is 0 Å². The molecule has 1 heterocycles. The Labute approximate surface area is 114 Å². The minimum Gasteiger partial charge on any atom is -0.368 e. The van der Waals surface area contributed by atoms with Crippen molar-refractivity contribution < 1.29 is 4.79 Å². The van der Waals surface area contributed by atoms with Crippen LogP contribution >= 0.6 is 27.5 Å². The number of pyridine rings is 1. The second-order valence-electron chi connectivity index (χ2n) is 3.88. The molecule has 1 rings (SSSR count). The molecule has 1 aromatic rings. The predicted octanol–water partition coefficient (Wildman–Crippen LogP) is 2.82. The first-order chi connectivity index (χ1) is 7.99. The second kappa shape index (κ2) is 6.81. The zero-order chi connectivity index (χ0) is 12.8. The van der Waals surface area contributed by atoms with Crippen LogP contribution in [0, 0.1) is 0 Å². The maximum absolute atomic E-state index is 11.4. The Hall–Kier alpha value is -0.810. The third kappa shape index (κ3) is 5.37. The highest BCUT2D eigenvalue weighted by molar-refractivity contribution is 9.10. The molecule has 0 aliphatic carbocycles. The standard InChI is InChI=1S/C11H15BrClN3O/c1-7(2)16-10(17)3-4-14-11-9(13)5-8(12)6-15-11/h5-7H,3-4H2,1-2H3,(H,14,15)(H,16,17). The van der Waals surface area contributed by atoms with E-state index in [1.54, 1.807) is 12.3 Å². The van der Waals surface area contributed by atoms with E-state index < -0.39 is 0 Å². The van der Waals surface area contributed by atoms with Gasteiger partial charge in [0, 0.05) is 29.7 Å². The smallest absolute Gasteiger partial charge is 0.221 e. The normalized spacial score (nSPS) is 10.4. The van der Waals surface area contributed by atoms with Crippen molar-refractivity contribution in [3.05, 3.63) is 21.8 Å². The molecule has 0 aromatic carbocycles. The number of amides is 1. The van der Waals surface area contributed by atoms with Crippen molar-refractivity contribution in [2.45, 2.75) is 26.3 Å². The SMILES string of the molecule is CC(C)NC(=O)CCNc1ncc(Br)cc1Cl. The molecule has 0 aliphatic heterocycles. The van der Waals surface area contributed by atoms with Gasteiger partial charge in [0.2, 0.25) is 5.91 Å². The molecule has 0 saturated carbocycles. The average Bonchev–Trinajstić information content (AvgIpc) is 2.20. The molecule has 0 bridgehead atoms. The summed E-state index contributed by atoms with van der Waals surface area (Å²) in [5, 5.41) is 6.36. The number of anilines is 1. The zero-order valence-corrected chi connectivity index (χ0v) is 12.1. The molecule has 4 nitrogen and oxygen atoms in total. The summed E-state index contributed by atoms with van der Waals surface area (Å²) < 4.78 is 0.825. The Morgan fingerprint density at radius 3 is 2.88 bits per heavy atom. The molecule has 0 aliphatic rings. The highest BCUT2D eigenvalue weighted by atomic mass is 79.9. The largest absolute Gasteiger partial charge is 0.368 e. The fraction of sp³-hybridized carbons (Fsp3) is 0.455. The summed E-state index contributed by atoms with van der Waals surface area (Å²) in [6.07, 6.45) is 2.05. The minimum absolute atomic E-state index is 0.0146. The van der Waals surface area contributed by atoms with E-state index in [4.69, 9.17) is 11.6 Å². The van der Waals surface area contributed by atoms with Crippen LogP contribution in [0.15, 0.2) is 16.7 Å². The molecule has 0 unspecified atom stereocenters. The molecule has 0 fully saturated rings. The minimum atomic E-state index is 0.0146. The molecule has 0 atom stereocenters. The van der Waals surface area contributed by atoms with Gasteiger partial charge < -0.3 is 10.6 Å². The molecule has 17 heavy (non-hydrogen) atoms. The molecule has 0 spiro atoms. The van der Waals surface area contributed by atoms with Crippen molar-refractivity contribution in [1.82, 2.24) is 10.3 Å². The summed E-state index contributed by atoms with van der Waals surface area (Å²) in [6.45, 7) is 4.36. The number of nitrogens with zero attached hydrogens (tertiary/aromatic N) is 1. The number of carbonyl (C=O) groups is 1. The van der Waals surface area contributed by atoms with E-state index in [1.165, 1.54) is 0 Å². The van der Waals surface area contributed by atoms with Gasteiger partial charge in [-0.1, -0.05) is 11.6 Å². The van der Waals surface area contributed by atoms with Crippen LogP contribution < -0.4 is 10.6 Å². The van der Waals surface area contributed by atoms with Crippen molar-refractivity contribution in [2.75, 3.05) is 11.9 Å². The first kappa shape index (κ1) is 14.3. The molecule has 2 N–H and O–H groups in total. The van der Waals surface area contributed by atoms with Gasteiger partial charge in [0.1, 0.15) is 5.82 Å². The fourth-order valence-electron chi connectivity index (χ4n) is 1.23. The van der Waals surface area contributed by atoms with Crippen LogP contribution in [0.1, 0.15) is 20.3 Å². The number of hydrogen-bond acceptors (Lipinski definition) is 3. The number of hydrogen-bond donors (Lipinski definition) is 2. The van der Waals surface area contributed by atoms with Crippen LogP contribution in [0.3, 0.4) is 0 Å². The van der Waals surface area contributed by atoms with Gasteiger partial charge in [-0.3, -0.25) is 4.79 Å². The van der Waals surface area contributed by atoms with Gasteiger partial charge in [0.25, 0.3) is 0 Å². The topological polar surface area (TPSA) is 54.0 Å². The Kier molecular flexibility index (Phi) is 5.71. The Morgan fingerprint density at radius 1 is 1.59 bits per heavy atom. The van der Waals surface area contributed by atoms with Crippen LogP contribution in [-0.2, 0) is 4.79 Å². The van der Waals surface area contributed by atoms with E-state index in [2.05, 4.69) is 31.5 Å². The van der Waals surface area contributed by atoms with Gasteiger partial charge in [-0.15, -0.1) is 0 Å². The van der Waals surface area contributed by atoms with Gasteiger partial charge >= 0.3 is 0 Å². The summed E-state index contributed by atoms with van der Waals surface area (Å²) in [5.41, 5.74) is 0. The van der Waals surface area contributed by atoms with Gasteiger partial charge in [-0.2, -0.15) is 0 Å². The molecule has 1 aromatic heterocycles. The van der Waals surface area contributed by atoms with E-state index in [1.807, 2.05) is 13.8 Å². The lowest BCUT2D eigenvalue weighted by Crippen LogP contribution is -2.31. The van der Waals surface area contributed by atoms with Crippen LogP contribution in [0.5, 0.6) is 0 Å². The van der Waals surface area contributed by atoms with Crippen molar-refractivity contribution in [2.24, 2.45) is 0 Å². The van der Waals surface area contributed by atoms with E-state index in [-0.39, 0.29) is 11.9 Å². The van der Waals surface area contributed by atoms with E-state index >= 15 is 0 Å². The van der Waals surface area contributed by atoms with Crippen molar-refractivity contribution in [3.8, 4) is 0 Å². The monoisotopic (exact) mass is 319 g/mol. The predicted molar refractivity (Wildman–Crippen MR) is 73.3 cm³/mol. The van der Waals surface area contributed by atoms with Gasteiger partial charge in [0.15, 0.2) is 0 Å². The lowest BCUT2D eigenvalue weighted by molar-refractivity contribution is -0.121. The van der Waals surface area contributed by atoms with E-state index in [9.17, 15) is 4.79 Å². The lowest BCUT2D eigenvalue weighted by atomic mass is 10.3. The molecule has 94 valence electrons. The Balaban J connectivity index is 2.38. The quantitative estimate of drug-likeness (QED) is 0.877. The van der Waals surface area contributed by atoms with Crippen LogP contribution in [0.2, 0.25) is 5.02 Å². The van der Waals surface area contributed by atoms with Crippen LogP contribution in [0.4, 0.5) is 5.82 Å². The fourth-order valence-corrected chi connectivity index (χ4v) is 1.93. The van der Waals surface area contributed by atoms with E-state index in [0.29, 0.717) is 23.8 Å². The third-order valence-corrected chi connectivity index (χ3v) is 2.62. The molecule has 0 saturated heterocycles. The van der Waals surface area contributed by atoms with Gasteiger partial charge in [-0.25, -0.2) is 4.98 Å². The van der Waals surface area contributed by atoms with Crippen molar-refractivity contribution >= 4 is 39.3 Å². The van der Waals surface area contributed by atoms with Gasteiger partial charge in [-0.05, 0) is 35.8 Å². The van der Waals surface area contributed by atoms with Gasteiger partial charge in [0.05, 0.1) is 5.02 Å². The molecule has 6 heteroatoms. The third-order valence-electron chi connectivity index (χ3n) is 1.90. The maximum atomic E-state index is 11.4.